The Morgan fingerprint density at radius 3 is 2.58 bits per heavy atom. The van der Waals surface area contributed by atoms with Gasteiger partial charge in [-0.1, -0.05) is 65.0 Å². The lowest BCUT2D eigenvalue weighted by Gasteiger charge is -2.31. The van der Waals surface area contributed by atoms with E-state index in [0.29, 0.717) is 17.4 Å². The van der Waals surface area contributed by atoms with Gasteiger partial charge >= 0.3 is 5.97 Å². The molecule has 2 unspecified atom stereocenters. The van der Waals surface area contributed by atoms with Crippen LogP contribution in [0, 0.1) is 17.9 Å². The third-order valence-corrected chi connectivity index (χ3v) is 5.18. The minimum absolute atomic E-state index is 0.344. The van der Waals surface area contributed by atoms with E-state index in [1.54, 1.807) is 0 Å². The van der Waals surface area contributed by atoms with Crippen molar-refractivity contribution >= 4 is 5.97 Å². The number of rotatable bonds is 8. The highest BCUT2D eigenvalue weighted by Gasteiger charge is 2.30. The van der Waals surface area contributed by atoms with Crippen LogP contribution >= 0.6 is 0 Å². The summed E-state index contributed by atoms with van der Waals surface area (Å²) < 4.78 is 0. The fourth-order valence-corrected chi connectivity index (χ4v) is 3.21. The molecule has 2 rings (SSSR count). The van der Waals surface area contributed by atoms with Crippen LogP contribution in [0.1, 0.15) is 81.6 Å². The lowest BCUT2D eigenvalue weighted by atomic mass is 9.80. The molecule has 3 nitrogen and oxygen atoms in total. The van der Waals surface area contributed by atoms with Gasteiger partial charge in [0.25, 0.3) is 0 Å². The first-order chi connectivity index (χ1) is 11.6. The van der Waals surface area contributed by atoms with Gasteiger partial charge < -0.3 is 0 Å². The highest BCUT2D eigenvalue weighted by Crippen LogP contribution is 2.36. The summed E-state index contributed by atoms with van der Waals surface area (Å²) >= 11 is 0. The molecule has 1 radical (unpaired) electrons. The van der Waals surface area contributed by atoms with Crippen molar-refractivity contribution in [3.63, 3.8) is 0 Å². The van der Waals surface area contributed by atoms with Gasteiger partial charge in [-0.3, -0.25) is 4.89 Å². The van der Waals surface area contributed by atoms with Crippen LogP contribution in [0.25, 0.3) is 0 Å². The summed E-state index contributed by atoms with van der Waals surface area (Å²) in [4.78, 5) is 22.6. The van der Waals surface area contributed by atoms with Crippen molar-refractivity contribution in [2.24, 2.45) is 11.8 Å². The maximum Gasteiger partial charge on any atom is 0.373 e. The second-order valence-corrected chi connectivity index (χ2v) is 7.09. The fourth-order valence-electron chi connectivity index (χ4n) is 3.21. The van der Waals surface area contributed by atoms with E-state index in [4.69, 9.17) is 9.78 Å². The molecule has 1 aliphatic rings. The van der Waals surface area contributed by atoms with E-state index in [1.807, 2.05) is 24.3 Å². The molecule has 3 heteroatoms. The first kappa shape index (κ1) is 19.0. The van der Waals surface area contributed by atoms with E-state index in [-0.39, 0.29) is 0 Å². The summed E-state index contributed by atoms with van der Waals surface area (Å²) in [5.41, 5.74) is 1.82. The fraction of sp³-hybridized carbons (Fsp3) is 0.619. The minimum atomic E-state index is -0.412. The largest absolute Gasteiger partial charge is 0.373 e. The van der Waals surface area contributed by atoms with E-state index >= 15 is 0 Å². The van der Waals surface area contributed by atoms with Crippen LogP contribution in [-0.4, -0.2) is 5.97 Å². The van der Waals surface area contributed by atoms with Crippen molar-refractivity contribution in [1.82, 2.24) is 0 Å². The molecule has 0 spiro atoms. The predicted molar refractivity (Wildman–Crippen MR) is 96.2 cm³/mol. The van der Waals surface area contributed by atoms with Crippen molar-refractivity contribution in [2.75, 3.05) is 0 Å². The van der Waals surface area contributed by atoms with E-state index < -0.39 is 5.97 Å². The Bertz CT molecular complexity index is 494. The normalized spacial score (nSPS) is 21.6. The maximum atomic E-state index is 12.1. The molecule has 0 saturated heterocycles. The van der Waals surface area contributed by atoms with Gasteiger partial charge in [0.15, 0.2) is 6.10 Å². The molecule has 0 heterocycles. The molecule has 0 bridgehead atoms. The molecule has 2 atom stereocenters. The van der Waals surface area contributed by atoms with Gasteiger partial charge in [0.2, 0.25) is 0 Å². The van der Waals surface area contributed by atoms with Crippen LogP contribution in [0.5, 0.6) is 0 Å². The molecule has 1 aromatic rings. The number of carbonyl (C=O) groups is 1. The van der Waals surface area contributed by atoms with Crippen molar-refractivity contribution in [2.45, 2.75) is 72.1 Å². The van der Waals surface area contributed by atoms with Gasteiger partial charge in [-0.25, -0.2) is 4.79 Å². The smallest absolute Gasteiger partial charge is 0.292 e. The summed E-state index contributed by atoms with van der Waals surface area (Å²) in [6, 6.07) is 7.69. The third kappa shape index (κ3) is 5.62. The van der Waals surface area contributed by atoms with E-state index in [1.165, 1.54) is 37.7 Å². The SMILES string of the molecule is CCCCCCc1ccc(C(=O)OO[C]2CCCC(C)C2C)cc1. The molecule has 1 aromatic carbocycles. The first-order valence-corrected chi connectivity index (χ1v) is 9.45. The molecule has 24 heavy (non-hydrogen) atoms. The van der Waals surface area contributed by atoms with Gasteiger partial charge in [0.05, 0.1) is 5.56 Å². The van der Waals surface area contributed by atoms with Crippen LogP contribution in [-0.2, 0) is 16.2 Å². The van der Waals surface area contributed by atoms with E-state index in [0.717, 1.165) is 25.4 Å². The maximum absolute atomic E-state index is 12.1. The quantitative estimate of drug-likeness (QED) is 0.339. The van der Waals surface area contributed by atoms with Crippen molar-refractivity contribution < 1.29 is 14.6 Å². The Balaban J connectivity index is 1.77. The van der Waals surface area contributed by atoms with Crippen LogP contribution in [0.2, 0.25) is 0 Å². The van der Waals surface area contributed by atoms with Crippen LogP contribution in [0.4, 0.5) is 0 Å². The Hall–Kier alpha value is -1.35. The summed E-state index contributed by atoms with van der Waals surface area (Å²) in [7, 11) is 0. The molecular formula is C21H31O3. The van der Waals surface area contributed by atoms with Crippen molar-refractivity contribution in [3.05, 3.63) is 41.5 Å². The van der Waals surface area contributed by atoms with E-state index in [2.05, 4.69) is 20.8 Å². The Morgan fingerprint density at radius 1 is 1.12 bits per heavy atom. The van der Waals surface area contributed by atoms with Gasteiger partial charge in [0.1, 0.15) is 0 Å². The molecule has 0 aromatic heterocycles. The Labute approximate surface area is 146 Å². The summed E-state index contributed by atoms with van der Waals surface area (Å²) in [5.74, 6) is 0.516. The average molecular weight is 331 g/mol. The molecule has 1 fully saturated rings. The van der Waals surface area contributed by atoms with Crippen LogP contribution in [0.15, 0.2) is 24.3 Å². The topological polar surface area (TPSA) is 35.5 Å². The monoisotopic (exact) mass is 331 g/mol. The van der Waals surface area contributed by atoms with Crippen LogP contribution < -0.4 is 0 Å². The highest BCUT2D eigenvalue weighted by atomic mass is 17.2. The molecule has 0 N–H and O–H groups in total. The number of hydrogen-bond donors (Lipinski definition) is 0. The first-order valence-electron chi connectivity index (χ1n) is 9.45. The predicted octanol–water partition coefficient (Wildman–Crippen LogP) is 5.89. The lowest BCUT2D eigenvalue weighted by molar-refractivity contribution is -0.248. The number of carbonyl (C=O) groups excluding carboxylic acids is 1. The van der Waals surface area contributed by atoms with Gasteiger partial charge in [-0.2, -0.15) is 4.89 Å². The zero-order valence-electron chi connectivity index (χ0n) is 15.3. The molecule has 133 valence electrons. The Morgan fingerprint density at radius 2 is 1.88 bits per heavy atom. The lowest BCUT2D eigenvalue weighted by Crippen LogP contribution is -2.25. The molecule has 1 saturated carbocycles. The van der Waals surface area contributed by atoms with Gasteiger partial charge in [0, 0.05) is 0 Å². The molecule has 0 amide bonds. The highest BCUT2D eigenvalue weighted by molar-refractivity contribution is 5.88. The molecule has 0 aliphatic heterocycles. The number of aryl methyl sites for hydroxylation is 1. The van der Waals surface area contributed by atoms with Crippen LogP contribution in [0.3, 0.4) is 0 Å². The van der Waals surface area contributed by atoms with Crippen molar-refractivity contribution in [3.8, 4) is 0 Å². The summed E-state index contributed by atoms with van der Waals surface area (Å²) in [5, 5.41) is 0. The zero-order valence-corrected chi connectivity index (χ0v) is 15.3. The van der Waals surface area contributed by atoms with Gasteiger partial charge in [-0.15, -0.1) is 0 Å². The summed E-state index contributed by atoms with van der Waals surface area (Å²) in [6.07, 6.45) is 10.2. The molecular weight excluding hydrogens is 300 g/mol. The number of unbranched alkanes of at least 4 members (excludes halogenated alkanes) is 3. The minimum Gasteiger partial charge on any atom is -0.292 e. The van der Waals surface area contributed by atoms with Crippen molar-refractivity contribution in [1.29, 1.82) is 0 Å². The van der Waals surface area contributed by atoms with Gasteiger partial charge in [-0.05, 0) is 48.8 Å². The zero-order chi connectivity index (χ0) is 17.4. The number of hydrogen-bond acceptors (Lipinski definition) is 3. The Kier molecular flexibility index (Phi) is 7.77. The average Bonchev–Trinajstić information content (AvgIpc) is 2.60. The summed E-state index contributed by atoms with van der Waals surface area (Å²) in [6.45, 7) is 6.57. The number of benzene rings is 1. The third-order valence-electron chi connectivity index (χ3n) is 5.18. The second-order valence-electron chi connectivity index (χ2n) is 7.09. The second kappa shape index (κ2) is 9.83. The standard InChI is InChI=1S/C21H31O3/c1-4-5-6-7-10-18-12-14-19(15-13-18)21(22)24-23-20-11-8-9-16(2)17(20)3/h12-17H,4-11H2,1-3H3. The molecule has 1 aliphatic carbocycles. The van der Waals surface area contributed by atoms with E-state index in [9.17, 15) is 4.79 Å².